The van der Waals surface area contributed by atoms with E-state index in [1.807, 2.05) is 13.8 Å². The Morgan fingerprint density at radius 2 is 1.87 bits per heavy atom. The molecule has 90 valence electrons. The van der Waals surface area contributed by atoms with Gasteiger partial charge in [-0.15, -0.1) is 0 Å². The third kappa shape index (κ3) is 2.64. The van der Waals surface area contributed by atoms with Crippen LogP contribution in [0.2, 0.25) is 0 Å². The summed E-state index contributed by atoms with van der Waals surface area (Å²) in [5.41, 5.74) is 4.93. The number of nitrogens with one attached hydrogen (secondary N) is 1. The zero-order valence-electron chi connectivity index (χ0n) is 9.25. The number of rotatable bonds is 3. The molecular weight excluding hydrogens is 205 g/mol. The van der Waals surface area contributed by atoms with Crippen molar-refractivity contribution in [3.8, 4) is 0 Å². The highest BCUT2D eigenvalue weighted by Gasteiger charge is 2.48. The molecule has 1 saturated carbocycles. The minimum atomic E-state index is -4.17. The van der Waals surface area contributed by atoms with E-state index in [1.165, 1.54) is 0 Å². The van der Waals surface area contributed by atoms with Gasteiger partial charge in [0, 0.05) is 12.1 Å². The van der Waals surface area contributed by atoms with Gasteiger partial charge in [-0.3, -0.25) is 0 Å². The first-order valence-corrected chi connectivity index (χ1v) is 5.24. The fourth-order valence-electron chi connectivity index (χ4n) is 2.46. The number of halogens is 3. The van der Waals surface area contributed by atoms with Crippen LogP contribution in [0.4, 0.5) is 13.2 Å². The van der Waals surface area contributed by atoms with E-state index in [4.69, 9.17) is 5.73 Å². The van der Waals surface area contributed by atoms with Crippen molar-refractivity contribution in [2.45, 2.75) is 44.8 Å². The quantitative estimate of drug-likeness (QED) is 0.770. The van der Waals surface area contributed by atoms with Crippen molar-refractivity contribution in [1.82, 2.24) is 5.32 Å². The molecule has 0 heterocycles. The van der Waals surface area contributed by atoms with Gasteiger partial charge in [0.2, 0.25) is 0 Å². The summed E-state index contributed by atoms with van der Waals surface area (Å²) >= 11 is 0. The van der Waals surface area contributed by atoms with Gasteiger partial charge in [-0.1, -0.05) is 20.3 Å². The molecule has 0 aromatic carbocycles. The Hall–Kier alpha value is -0.290. The largest absolute Gasteiger partial charge is 0.401 e. The summed E-state index contributed by atoms with van der Waals surface area (Å²) in [6, 6.07) is 0. The van der Waals surface area contributed by atoms with Crippen LogP contribution in [0.1, 0.15) is 33.1 Å². The smallest absolute Gasteiger partial charge is 0.329 e. The highest BCUT2D eigenvalue weighted by Crippen LogP contribution is 2.45. The molecule has 0 aliphatic heterocycles. The van der Waals surface area contributed by atoms with Crippen molar-refractivity contribution in [3.63, 3.8) is 0 Å². The van der Waals surface area contributed by atoms with Gasteiger partial charge in [-0.25, -0.2) is 0 Å². The lowest BCUT2D eigenvalue weighted by Crippen LogP contribution is -2.59. The molecule has 15 heavy (non-hydrogen) atoms. The van der Waals surface area contributed by atoms with E-state index in [0.717, 1.165) is 19.3 Å². The van der Waals surface area contributed by atoms with Crippen molar-refractivity contribution in [3.05, 3.63) is 0 Å². The summed E-state index contributed by atoms with van der Waals surface area (Å²) in [4.78, 5) is 0. The molecule has 0 radical (unpaired) electrons. The number of alkyl halides is 3. The molecule has 0 amide bonds. The van der Waals surface area contributed by atoms with E-state index in [2.05, 4.69) is 5.32 Å². The predicted octanol–water partition coefficient (Wildman–Crippen LogP) is 2.05. The lowest BCUT2D eigenvalue weighted by atomic mass is 9.75. The molecule has 1 rings (SSSR count). The summed E-state index contributed by atoms with van der Waals surface area (Å²) in [7, 11) is 0. The maximum Gasteiger partial charge on any atom is 0.401 e. The maximum absolute atomic E-state index is 12.2. The lowest BCUT2D eigenvalue weighted by molar-refractivity contribution is -0.130. The maximum atomic E-state index is 12.2. The van der Waals surface area contributed by atoms with E-state index in [1.54, 1.807) is 0 Å². The van der Waals surface area contributed by atoms with Gasteiger partial charge in [0.05, 0.1) is 6.54 Å². The second-order valence-corrected chi connectivity index (χ2v) is 4.99. The predicted molar refractivity (Wildman–Crippen MR) is 53.5 cm³/mol. The number of hydrogen-bond acceptors (Lipinski definition) is 2. The third-order valence-electron chi connectivity index (χ3n) is 3.68. The van der Waals surface area contributed by atoms with E-state index in [-0.39, 0.29) is 12.0 Å². The minimum absolute atomic E-state index is 0.160. The Balaban J connectivity index is 2.69. The van der Waals surface area contributed by atoms with Gasteiger partial charge >= 0.3 is 6.18 Å². The van der Waals surface area contributed by atoms with Crippen molar-refractivity contribution in [1.29, 1.82) is 0 Å². The Bertz CT molecular complexity index is 225. The zero-order chi connectivity index (χ0) is 11.7. The monoisotopic (exact) mass is 224 g/mol. The molecule has 3 N–H and O–H groups in total. The molecular formula is C10H19F3N2. The van der Waals surface area contributed by atoms with Crippen molar-refractivity contribution >= 4 is 0 Å². The minimum Gasteiger partial charge on any atom is -0.329 e. The lowest BCUT2D eigenvalue weighted by Gasteiger charge is -2.42. The van der Waals surface area contributed by atoms with Crippen LogP contribution in [0, 0.1) is 5.41 Å². The van der Waals surface area contributed by atoms with Crippen LogP contribution in [0.5, 0.6) is 0 Å². The van der Waals surface area contributed by atoms with Crippen molar-refractivity contribution in [2.75, 3.05) is 13.1 Å². The molecule has 0 aromatic rings. The van der Waals surface area contributed by atoms with Crippen LogP contribution in [0.3, 0.4) is 0 Å². The van der Waals surface area contributed by atoms with E-state index < -0.39 is 18.3 Å². The average molecular weight is 224 g/mol. The number of hydrogen-bond donors (Lipinski definition) is 2. The fraction of sp³-hybridized carbons (Fsp3) is 1.00. The Morgan fingerprint density at radius 1 is 1.27 bits per heavy atom. The first-order chi connectivity index (χ1) is 6.72. The topological polar surface area (TPSA) is 38.0 Å². The second kappa shape index (κ2) is 3.94. The van der Waals surface area contributed by atoms with E-state index in [0.29, 0.717) is 0 Å². The molecule has 1 fully saturated rings. The summed E-state index contributed by atoms with van der Waals surface area (Å²) in [6.45, 7) is 3.27. The molecule has 0 spiro atoms. The Kier molecular flexibility index (Phi) is 3.36. The van der Waals surface area contributed by atoms with Gasteiger partial charge in [0.1, 0.15) is 0 Å². The molecule has 1 aliphatic carbocycles. The normalized spacial score (nSPS) is 30.8. The molecule has 2 nitrogen and oxygen atoms in total. The van der Waals surface area contributed by atoms with Crippen molar-refractivity contribution < 1.29 is 13.2 Å². The van der Waals surface area contributed by atoms with Gasteiger partial charge < -0.3 is 11.1 Å². The van der Waals surface area contributed by atoms with Gasteiger partial charge in [0.25, 0.3) is 0 Å². The number of nitrogens with two attached hydrogens (primary N) is 1. The van der Waals surface area contributed by atoms with Crippen LogP contribution in [-0.2, 0) is 0 Å². The van der Waals surface area contributed by atoms with E-state index >= 15 is 0 Å². The molecule has 1 unspecified atom stereocenters. The summed E-state index contributed by atoms with van der Waals surface area (Å²) in [6.07, 6.45) is -1.57. The highest BCUT2D eigenvalue weighted by molar-refractivity contribution is 5.05. The first kappa shape index (κ1) is 12.8. The fourth-order valence-corrected chi connectivity index (χ4v) is 2.46. The summed E-state index contributed by atoms with van der Waals surface area (Å²) < 4.78 is 36.5. The standard InChI is InChI=1S/C10H19F3N2/c1-8(2)4-3-5-9(8,6-14)15-7-10(11,12)13/h15H,3-7,14H2,1-2H3. The highest BCUT2D eigenvalue weighted by atomic mass is 19.4. The molecule has 1 aliphatic rings. The molecule has 0 saturated heterocycles. The average Bonchev–Trinajstić information content (AvgIpc) is 2.37. The SMILES string of the molecule is CC1(C)CCCC1(CN)NCC(F)(F)F. The van der Waals surface area contributed by atoms with Crippen LogP contribution in [0.25, 0.3) is 0 Å². The van der Waals surface area contributed by atoms with Crippen LogP contribution >= 0.6 is 0 Å². The molecule has 5 heteroatoms. The molecule has 0 aromatic heterocycles. The summed E-state index contributed by atoms with van der Waals surface area (Å²) in [5.74, 6) is 0. The van der Waals surface area contributed by atoms with Crippen molar-refractivity contribution in [2.24, 2.45) is 11.1 Å². The Morgan fingerprint density at radius 3 is 2.20 bits per heavy atom. The van der Waals surface area contributed by atoms with Gasteiger partial charge in [-0.05, 0) is 18.3 Å². The zero-order valence-corrected chi connectivity index (χ0v) is 9.25. The van der Waals surface area contributed by atoms with Gasteiger partial charge in [-0.2, -0.15) is 13.2 Å². The third-order valence-corrected chi connectivity index (χ3v) is 3.68. The van der Waals surface area contributed by atoms with E-state index in [9.17, 15) is 13.2 Å². The van der Waals surface area contributed by atoms with Gasteiger partial charge in [0.15, 0.2) is 0 Å². The van der Waals surface area contributed by atoms with Crippen LogP contribution in [-0.4, -0.2) is 24.8 Å². The Labute approximate surface area is 88.4 Å². The van der Waals surface area contributed by atoms with Crippen LogP contribution < -0.4 is 11.1 Å². The second-order valence-electron chi connectivity index (χ2n) is 4.99. The first-order valence-electron chi connectivity index (χ1n) is 5.24. The molecule has 1 atom stereocenters. The van der Waals surface area contributed by atoms with Crippen LogP contribution in [0.15, 0.2) is 0 Å². The summed E-state index contributed by atoms with van der Waals surface area (Å²) in [5, 5.41) is 2.62. The molecule has 0 bridgehead atoms.